The summed E-state index contributed by atoms with van der Waals surface area (Å²) in [6.45, 7) is 5.50. The normalized spacial score (nSPS) is 15.2. The Labute approximate surface area is 170 Å². The van der Waals surface area contributed by atoms with Crippen molar-refractivity contribution in [2.75, 3.05) is 44.7 Å². The number of quaternary nitrogens is 1. The van der Waals surface area contributed by atoms with Gasteiger partial charge in [-0.1, -0.05) is 36.4 Å². The van der Waals surface area contributed by atoms with E-state index in [-0.39, 0.29) is 0 Å². The highest BCUT2D eigenvalue weighted by molar-refractivity contribution is 7.14. The summed E-state index contributed by atoms with van der Waals surface area (Å²) in [5, 5.41) is 3.28. The zero-order valence-corrected chi connectivity index (χ0v) is 17.0. The van der Waals surface area contributed by atoms with Crippen molar-refractivity contribution in [3.63, 3.8) is 0 Å². The number of ether oxygens (including phenoxy) is 1. The van der Waals surface area contributed by atoms with Crippen molar-refractivity contribution >= 4 is 22.5 Å². The third-order valence-corrected chi connectivity index (χ3v) is 6.04. The number of hydrogen-bond donors (Lipinski definition) is 1. The van der Waals surface area contributed by atoms with Gasteiger partial charge in [-0.05, 0) is 35.9 Å². The summed E-state index contributed by atoms with van der Waals surface area (Å²) >= 11 is 1.74. The first-order valence-electron chi connectivity index (χ1n) is 9.72. The van der Waals surface area contributed by atoms with Gasteiger partial charge < -0.3 is 14.5 Å². The minimum Gasteiger partial charge on any atom is -0.497 e. The Morgan fingerprint density at radius 1 is 1.07 bits per heavy atom. The molecule has 1 aromatic heterocycles. The Kier molecular flexibility index (Phi) is 6.04. The second-order valence-corrected chi connectivity index (χ2v) is 7.83. The van der Waals surface area contributed by atoms with Crippen LogP contribution in [-0.4, -0.2) is 44.8 Å². The second-order valence-electron chi connectivity index (χ2n) is 7.00. The zero-order valence-electron chi connectivity index (χ0n) is 16.2. The highest BCUT2D eigenvalue weighted by Gasteiger charge is 2.21. The van der Waals surface area contributed by atoms with E-state index in [9.17, 15) is 0 Å². The third kappa shape index (κ3) is 4.61. The standard InChI is InChI=1S/C23H25N3OS/c1-27-21-11-9-20(10-12-21)22-18-28-23(24-22)26-16-14-25(15-17-26)13-5-8-19-6-3-2-4-7-19/h2-12,18H,13-17H2,1H3/p+1. The van der Waals surface area contributed by atoms with Gasteiger partial charge in [0.2, 0.25) is 0 Å². The zero-order chi connectivity index (χ0) is 19.2. The lowest BCUT2D eigenvalue weighted by atomic mass is 10.2. The SMILES string of the molecule is COc1ccc(-c2csc(N3CC[NH+](CC=Cc4ccccc4)CC3)n2)cc1. The van der Waals surface area contributed by atoms with Crippen molar-refractivity contribution in [3.05, 3.63) is 71.6 Å². The molecule has 0 saturated carbocycles. The molecular formula is C23H26N3OS+. The summed E-state index contributed by atoms with van der Waals surface area (Å²) < 4.78 is 5.24. The lowest BCUT2D eigenvalue weighted by molar-refractivity contribution is -0.894. The molecule has 1 fully saturated rings. The fourth-order valence-electron chi connectivity index (χ4n) is 3.45. The molecule has 0 atom stereocenters. The number of thiazole rings is 1. The van der Waals surface area contributed by atoms with Crippen molar-refractivity contribution in [3.8, 4) is 17.0 Å². The van der Waals surface area contributed by atoms with Crippen LogP contribution in [0.5, 0.6) is 5.75 Å². The van der Waals surface area contributed by atoms with Crippen LogP contribution >= 0.6 is 11.3 Å². The minimum absolute atomic E-state index is 0.875. The van der Waals surface area contributed by atoms with Gasteiger partial charge in [0.15, 0.2) is 5.13 Å². The van der Waals surface area contributed by atoms with Crippen molar-refractivity contribution in [1.29, 1.82) is 0 Å². The summed E-state index contributed by atoms with van der Waals surface area (Å²) in [7, 11) is 1.69. The molecule has 0 radical (unpaired) electrons. The van der Waals surface area contributed by atoms with Crippen LogP contribution in [0, 0.1) is 0 Å². The Balaban J connectivity index is 1.30. The van der Waals surface area contributed by atoms with Gasteiger partial charge in [-0.15, -0.1) is 11.3 Å². The van der Waals surface area contributed by atoms with Crippen LogP contribution in [0.15, 0.2) is 66.1 Å². The van der Waals surface area contributed by atoms with Crippen LogP contribution < -0.4 is 14.5 Å². The van der Waals surface area contributed by atoms with Crippen molar-refractivity contribution in [1.82, 2.24) is 4.98 Å². The van der Waals surface area contributed by atoms with E-state index < -0.39 is 0 Å². The Bertz CT molecular complexity index is 897. The van der Waals surface area contributed by atoms with E-state index in [1.165, 1.54) is 5.56 Å². The van der Waals surface area contributed by atoms with Crippen molar-refractivity contribution < 1.29 is 9.64 Å². The van der Waals surface area contributed by atoms with Crippen LogP contribution in [0.25, 0.3) is 17.3 Å². The average Bonchev–Trinajstić information content (AvgIpc) is 3.25. The molecule has 0 bridgehead atoms. The first-order valence-corrected chi connectivity index (χ1v) is 10.6. The monoisotopic (exact) mass is 392 g/mol. The predicted molar refractivity (Wildman–Crippen MR) is 117 cm³/mol. The van der Waals surface area contributed by atoms with Gasteiger partial charge in [0.05, 0.1) is 45.5 Å². The van der Waals surface area contributed by atoms with E-state index in [0.717, 1.165) is 54.9 Å². The molecule has 4 rings (SSSR count). The van der Waals surface area contributed by atoms with Gasteiger partial charge in [-0.2, -0.15) is 0 Å². The summed E-state index contributed by atoms with van der Waals surface area (Å²) in [6, 6.07) is 18.6. The molecule has 2 heterocycles. The van der Waals surface area contributed by atoms with E-state index in [0.29, 0.717) is 0 Å². The Morgan fingerprint density at radius 3 is 2.54 bits per heavy atom. The van der Waals surface area contributed by atoms with Crippen LogP contribution in [-0.2, 0) is 0 Å². The van der Waals surface area contributed by atoms with Crippen LogP contribution in [0.1, 0.15) is 5.56 Å². The molecule has 2 aromatic carbocycles. The highest BCUT2D eigenvalue weighted by atomic mass is 32.1. The largest absolute Gasteiger partial charge is 0.497 e. The molecule has 1 saturated heterocycles. The van der Waals surface area contributed by atoms with Crippen LogP contribution in [0.4, 0.5) is 5.13 Å². The smallest absolute Gasteiger partial charge is 0.186 e. The Hall–Kier alpha value is -2.63. The number of nitrogens with one attached hydrogen (secondary N) is 1. The molecule has 0 spiro atoms. The van der Waals surface area contributed by atoms with Crippen molar-refractivity contribution in [2.24, 2.45) is 0 Å². The van der Waals surface area contributed by atoms with Crippen molar-refractivity contribution in [2.45, 2.75) is 0 Å². The number of benzene rings is 2. The fraction of sp³-hybridized carbons (Fsp3) is 0.261. The summed E-state index contributed by atoms with van der Waals surface area (Å²) in [5.74, 6) is 0.875. The molecular weight excluding hydrogens is 366 g/mol. The maximum atomic E-state index is 5.24. The number of hydrogen-bond acceptors (Lipinski definition) is 4. The Morgan fingerprint density at radius 2 is 1.82 bits per heavy atom. The van der Waals surface area contributed by atoms with Gasteiger partial charge in [-0.25, -0.2) is 4.98 Å². The molecule has 144 valence electrons. The van der Waals surface area contributed by atoms with Crippen LogP contribution in [0.3, 0.4) is 0 Å². The van der Waals surface area contributed by atoms with Gasteiger partial charge in [-0.3, -0.25) is 0 Å². The van der Waals surface area contributed by atoms with Gasteiger partial charge in [0, 0.05) is 10.9 Å². The number of methoxy groups -OCH3 is 1. The number of rotatable bonds is 6. The number of anilines is 1. The molecule has 0 aliphatic carbocycles. The maximum absolute atomic E-state index is 5.24. The van der Waals surface area contributed by atoms with Crippen LogP contribution in [0.2, 0.25) is 0 Å². The average molecular weight is 393 g/mol. The van der Waals surface area contributed by atoms with E-state index in [1.807, 2.05) is 12.1 Å². The predicted octanol–water partition coefficient (Wildman–Crippen LogP) is 3.24. The molecule has 3 aromatic rings. The molecule has 0 amide bonds. The summed E-state index contributed by atoms with van der Waals surface area (Å²) in [5.41, 5.74) is 3.45. The molecule has 0 unspecified atom stereocenters. The molecule has 4 nitrogen and oxygen atoms in total. The maximum Gasteiger partial charge on any atom is 0.186 e. The topological polar surface area (TPSA) is 29.8 Å². The van der Waals surface area contributed by atoms with E-state index in [1.54, 1.807) is 23.3 Å². The second kappa shape index (κ2) is 9.04. The van der Waals surface area contributed by atoms with E-state index >= 15 is 0 Å². The third-order valence-electron chi connectivity index (χ3n) is 5.14. The number of aromatic nitrogens is 1. The quantitative estimate of drug-likeness (QED) is 0.698. The lowest BCUT2D eigenvalue weighted by Crippen LogP contribution is -3.14. The fourth-order valence-corrected chi connectivity index (χ4v) is 4.34. The molecule has 1 aliphatic rings. The first kappa shape index (κ1) is 18.7. The van der Waals surface area contributed by atoms with Gasteiger partial charge >= 0.3 is 0 Å². The molecule has 1 aliphatic heterocycles. The van der Waals surface area contributed by atoms with E-state index in [2.05, 4.69) is 64.9 Å². The molecule has 5 heteroatoms. The molecule has 1 N–H and O–H groups in total. The van der Waals surface area contributed by atoms with Gasteiger partial charge in [0.25, 0.3) is 0 Å². The highest BCUT2D eigenvalue weighted by Crippen LogP contribution is 2.28. The minimum atomic E-state index is 0.875. The summed E-state index contributed by atoms with van der Waals surface area (Å²) in [4.78, 5) is 8.92. The number of piperazine rings is 1. The lowest BCUT2D eigenvalue weighted by Gasteiger charge is -2.31. The molecule has 28 heavy (non-hydrogen) atoms. The first-order chi connectivity index (χ1) is 13.8. The van der Waals surface area contributed by atoms with E-state index in [4.69, 9.17) is 9.72 Å². The van der Waals surface area contributed by atoms with Gasteiger partial charge in [0.1, 0.15) is 5.75 Å². The summed E-state index contributed by atoms with van der Waals surface area (Å²) in [6.07, 6.45) is 4.52. The number of nitrogens with zero attached hydrogens (tertiary/aromatic N) is 2.